The molecule has 6 nitrogen and oxygen atoms in total. The molecule has 1 aromatic heterocycles. The van der Waals surface area contributed by atoms with E-state index in [0.29, 0.717) is 37.6 Å². The highest BCUT2D eigenvalue weighted by atomic mass is 79.9. The zero-order valence-electron chi connectivity index (χ0n) is 15.7. The summed E-state index contributed by atoms with van der Waals surface area (Å²) in [7, 11) is 1.54. The first-order valence-corrected chi connectivity index (χ1v) is 9.88. The second-order valence-corrected chi connectivity index (χ2v) is 7.36. The predicted molar refractivity (Wildman–Crippen MR) is 111 cm³/mol. The van der Waals surface area contributed by atoms with Gasteiger partial charge in [0.25, 0.3) is 5.91 Å². The van der Waals surface area contributed by atoms with Gasteiger partial charge < -0.3 is 14.5 Å². The molecule has 0 spiro atoms. The number of ether oxygens (including phenoxy) is 1. The van der Waals surface area contributed by atoms with E-state index in [1.165, 1.54) is 13.3 Å². The molecule has 7 heteroatoms. The Hall–Kier alpha value is -2.67. The van der Waals surface area contributed by atoms with Gasteiger partial charge in [-0.15, -0.1) is 0 Å². The first-order valence-electron chi connectivity index (χ1n) is 9.08. The zero-order chi connectivity index (χ0) is 19.9. The van der Waals surface area contributed by atoms with Crippen molar-refractivity contribution in [2.75, 3.05) is 33.3 Å². The number of hydrogen-bond acceptors (Lipinski definition) is 4. The van der Waals surface area contributed by atoms with Crippen molar-refractivity contribution in [2.24, 2.45) is 0 Å². The van der Waals surface area contributed by atoms with Crippen LogP contribution in [0.5, 0.6) is 5.88 Å². The first kappa shape index (κ1) is 20.1. The Balaban J connectivity index is 1.58. The molecule has 146 valence electrons. The van der Waals surface area contributed by atoms with Crippen molar-refractivity contribution < 1.29 is 14.3 Å². The third-order valence-electron chi connectivity index (χ3n) is 4.58. The van der Waals surface area contributed by atoms with Gasteiger partial charge in [-0.2, -0.15) is 0 Å². The SMILES string of the molecule is COc1ccc(C(=O)N2CCCN(C(=O)/C=C/c3ccc(Br)cc3)CC2)cn1. The summed E-state index contributed by atoms with van der Waals surface area (Å²) in [5.74, 6) is 0.361. The van der Waals surface area contributed by atoms with Crippen LogP contribution in [0.25, 0.3) is 6.08 Å². The summed E-state index contributed by atoms with van der Waals surface area (Å²) in [6.45, 7) is 2.26. The van der Waals surface area contributed by atoms with Crippen molar-refractivity contribution in [3.63, 3.8) is 0 Å². The number of carbonyl (C=O) groups excluding carboxylic acids is 2. The fourth-order valence-corrected chi connectivity index (χ4v) is 3.26. The second-order valence-electron chi connectivity index (χ2n) is 6.45. The summed E-state index contributed by atoms with van der Waals surface area (Å²) in [5.41, 5.74) is 1.49. The molecule has 2 aromatic rings. The third kappa shape index (κ3) is 5.19. The Kier molecular flexibility index (Phi) is 6.81. The molecule has 0 atom stereocenters. The molecule has 0 radical (unpaired) electrons. The van der Waals surface area contributed by atoms with E-state index in [-0.39, 0.29) is 11.8 Å². The number of pyridine rings is 1. The Morgan fingerprint density at radius 3 is 2.43 bits per heavy atom. The quantitative estimate of drug-likeness (QED) is 0.680. The lowest BCUT2D eigenvalue weighted by atomic mass is 10.2. The first-order chi connectivity index (χ1) is 13.6. The smallest absolute Gasteiger partial charge is 0.255 e. The summed E-state index contributed by atoms with van der Waals surface area (Å²) in [5, 5.41) is 0. The number of rotatable bonds is 4. The lowest BCUT2D eigenvalue weighted by Gasteiger charge is -2.21. The highest BCUT2D eigenvalue weighted by molar-refractivity contribution is 9.10. The number of carbonyl (C=O) groups is 2. The van der Waals surface area contributed by atoms with Gasteiger partial charge in [0.15, 0.2) is 0 Å². The Labute approximate surface area is 172 Å². The molecule has 0 aliphatic carbocycles. The molecule has 1 saturated heterocycles. The van der Waals surface area contributed by atoms with Crippen LogP contribution in [0.1, 0.15) is 22.3 Å². The minimum atomic E-state index is -0.0742. The van der Waals surface area contributed by atoms with Crippen LogP contribution in [0, 0.1) is 0 Å². The van der Waals surface area contributed by atoms with E-state index < -0.39 is 0 Å². The van der Waals surface area contributed by atoms with Gasteiger partial charge in [0.2, 0.25) is 11.8 Å². The van der Waals surface area contributed by atoms with E-state index in [1.54, 1.807) is 28.0 Å². The second kappa shape index (κ2) is 9.50. The van der Waals surface area contributed by atoms with Gasteiger partial charge in [0.1, 0.15) is 0 Å². The Morgan fingerprint density at radius 2 is 1.75 bits per heavy atom. The maximum atomic E-state index is 12.7. The maximum absolute atomic E-state index is 12.7. The molecular weight excluding hydrogens is 422 g/mol. The molecule has 0 unspecified atom stereocenters. The third-order valence-corrected chi connectivity index (χ3v) is 5.10. The lowest BCUT2D eigenvalue weighted by Crippen LogP contribution is -2.36. The normalized spacial score (nSPS) is 14.8. The van der Waals surface area contributed by atoms with Crippen LogP contribution >= 0.6 is 15.9 Å². The molecule has 1 aliphatic heterocycles. The molecule has 0 N–H and O–H groups in total. The van der Waals surface area contributed by atoms with Crippen LogP contribution in [0.4, 0.5) is 0 Å². The topological polar surface area (TPSA) is 62.7 Å². The number of methoxy groups -OCH3 is 1. The molecule has 2 heterocycles. The molecule has 3 rings (SSSR count). The van der Waals surface area contributed by atoms with Gasteiger partial charge in [0, 0.05) is 49.0 Å². The number of aromatic nitrogens is 1. The van der Waals surface area contributed by atoms with Crippen molar-refractivity contribution in [3.8, 4) is 5.88 Å². The molecule has 1 aromatic carbocycles. The summed E-state index contributed by atoms with van der Waals surface area (Å²) >= 11 is 3.40. The van der Waals surface area contributed by atoms with E-state index >= 15 is 0 Å². The lowest BCUT2D eigenvalue weighted by molar-refractivity contribution is -0.125. The van der Waals surface area contributed by atoms with E-state index in [2.05, 4.69) is 20.9 Å². The van der Waals surface area contributed by atoms with Crippen molar-refractivity contribution in [1.29, 1.82) is 0 Å². The van der Waals surface area contributed by atoms with Crippen molar-refractivity contribution >= 4 is 33.8 Å². The van der Waals surface area contributed by atoms with E-state index in [1.807, 2.05) is 30.3 Å². The van der Waals surface area contributed by atoms with Crippen LogP contribution in [0.2, 0.25) is 0 Å². The van der Waals surface area contributed by atoms with E-state index in [0.717, 1.165) is 16.5 Å². The minimum Gasteiger partial charge on any atom is -0.481 e. The summed E-state index contributed by atoms with van der Waals surface area (Å²) in [4.78, 5) is 32.9. The van der Waals surface area contributed by atoms with Crippen LogP contribution < -0.4 is 4.74 Å². The largest absolute Gasteiger partial charge is 0.481 e. The summed E-state index contributed by atoms with van der Waals surface area (Å²) < 4.78 is 6.03. The van der Waals surface area contributed by atoms with Crippen molar-refractivity contribution in [3.05, 3.63) is 64.3 Å². The van der Waals surface area contributed by atoms with Gasteiger partial charge >= 0.3 is 0 Å². The molecule has 0 bridgehead atoms. The average molecular weight is 444 g/mol. The van der Waals surface area contributed by atoms with Crippen molar-refractivity contribution in [1.82, 2.24) is 14.8 Å². The highest BCUT2D eigenvalue weighted by Crippen LogP contribution is 2.14. The molecule has 1 fully saturated rings. The van der Waals surface area contributed by atoms with Gasteiger partial charge in [-0.05, 0) is 36.3 Å². The monoisotopic (exact) mass is 443 g/mol. The van der Waals surface area contributed by atoms with Crippen LogP contribution in [-0.2, 0) is 4.79 Å². The van der Waals surface area contributed by atoms with E-state index in [4.69, 9.17) is 4.74 Å². The average Bonchev–Trinajstić information content (AvgIpc) is 2.99. The van der Waals surface area contributed by atoms with Gasteiger partial charge in [-0.1, -0.05) is 28.1 Å². The Morgan fingerprint density at radius 1 is 1.04 bits per heavy atom. The van der Waals surface area contributed by atoms with E-state index in [9.17, 15) is 9.59 Å². The number of hydrogen-bond donors (Lipinski definition) is 0. The van der Waals surface area contributed by atoms with Crippen LogP contribution in [0.15, 0.2) is 53.1 Å². The number of amides is 2. The predicted octanol–water partition coefficient (Wildman–Crippen LogP) is 3.24. The standard InChI is InChI=1S/C21H22BrN3O3/c1-28-19-9-6-17(15-23-19)21(27)25-12-2-11-24(13-14-25)20(26)10-5-16-3-7-18(22)8-4-16/h3-10,15H,2,11-14H2,1H3/b10-5+. The van der Waals surface area contributed by atoms with Crippen molar-refractivity contribution in [2.45, 2.75) is 6.42 Å². The zero-order valence-corrected chi connectivity index (χ0v) is 17.3. The van der Waals surface area contributed by atoms with Crippen LogP contribution in [-0.4, -0.2) is 59.9 Å². The fourth-order valence-electron chi connectivity index (χ4n) is 3.00. The molecule has 28 heavy (non-hydrogen) atoms. The molecule has 1 aliphatic rings. The molecule has 2 amide bonds. The molecular formula is C21H22BrN3O3. The number of nitrogens with zero attached hydrogens (tertiary/aromatic N) is 3. The number of halogens is 1. The summed E-state index contributed by atoms with van der Waals surface area (Å²) in [6.07, 6.45) is 5.67. The summed E-state index contributed by atoms with van der Waals surface area (Å²) in [6, 6.07) is 11.1. The van der Waals surface area contributed by atoms with Crippen LogP contribution in [0.3, 0.4) is 0 Å². The maximum Gasteiger partial charge on any atom is 0.255 e. The van der Waals surface area contributed by atoms with Gasteiger partial charge in [-0.25, -0.2) is 4.98 Å². The number of benzene rings is 1. The van der Waals surface area contributed by atoms with Gasteiger partial charge in [0.05, 0.1) is 12.7 Å². The minimum absolute atomic E-state index is 0.0386. The highest BCUT2D eigenvalue weighted by Gasteiger charge is 2.22. The molecule has 0 saturated carbocycles. The van der Waals surface area contributed by atoms with Gasteiger partial charge in [-0.3, -0.25) is 9.59 Å². The Bertz CT molecular complexity index is 850. The fraction of sp³-hybridized carbons (Fsp3) is 0.286.